The maximum Gasteiger partial charge on any atom is 0.332 e. The van der Waals surface area contributed by atoms with E-state index in [0.717, 1.165) is 10.1 Å². The fraction of sp³-hybridized carbons (Fsp3) is 0.400. The van der Waals surface area contributed by atoms with Crippen LogP contribution in [0.4, 0.5) is 0 Å². The minimum atomic E-state index is -0.461. The first kappa shape index (κ1) is 22.2. The summed E-state index contributed by atoms with van der Waals surface area (Å²) in [5.41, 5.74) is 0.105. The van der Waals surface area contributed by atoms with Crippen molar-refractivity contribution in [3.63, 3.8) is 0 Å². The van der Waals surface area contributed by atoms with E-state index >= 15 is 0 Å². The summed E-state index contributed by atoms with van der Waals surface area (Å²) < 4.78 is 4.10. The van der Waals surface area contributed by atoms with Crippen LogP contribution < -0.4 is 16.6 Å². The highest BCUT2D eigenvalue weighted by molar-refractivity contribution is 7.99. The molecule has 30 heavy (non-hydrogen) atoms. The predicted octanol–water partition coefficient (Wildman–Crippen LogP) is 2.14. The van der Waals surface area contributed by atoms with Crippen LogP contribution in [0, 0.1) is 0 Å². The Kier molecular flexibility index (Phi) is 6.14. The first-order chi connectivity index (χ1) is 14.0. The van der Waals surface area contributed by atoms with Crippen LogP contribution in [0.5, 0.6) is 0 Å². The maximum atomic E-state index is 12.9. The zero-order valence-electron chi connectivity index (χ0n) is 17.5. The second-order valence-electron chi connectivity index (χ2n) is 8.04. The van der Waals surface area contributed by atoms with Crippen LogP contribution in [0.3, 0.4) is 0 Å². The molecule has 0 radical (unpaired) electrons. The Morgan fingerprint density at radius 3 is 2.47 bits per heavy atom. The van der Waals surface area contributed by atoms with E-state index in [-0.39, 0.29) is 29.4 Å². The molecule has 3 aromatic rings. The number of hydrogen-bond donors (Lipinski definition) is 1. The molecule has 0 saturated heterocycles. The van der Waals surface area contributed by atoms with Crippen LogP contribution in [0.25, 0.3) is 11.2 Å². The van der Waals surface area contributed by atoms with Gasteiger partial charge in [-0.05, 0) is 32.4 Å². The van der Waals surface area contributed by atoms with Gasteiger partial charge in [0.2, 0.25) is 5.91 Å². The molecular weight excluding hydrogens is 426 g/mol. The molecule has 0 unspecified atom stereocenters. The lowest BCUT2D eigenvalue weighted by molar-refractivity contribution is -0.119. The van der Waals surface area contributed by atoms with Crippen molar-refractivity contribution < 1.29 is 4.79 Å². The molecule has 8 nitrogen and oxygen atoms in total. The first-order valence-corrected chi connectivity index (χ1v) is 10.7. The summed E-state index contributed by atoms with van der Waals surface area (Å²) in [6, 6.07) is 7.32. The topological polar surface area (TPSA) is 90.9 Å². The van der Waals surface area contributed by atoms with E-state index < -0.39 is 11.2 Å². The molecule has 1 amide bonds. The highest BCUT2D eigenvalue weighted by Crippen LogP contribution is 2.25. The number of fused-ring (bicyclic) bond motifs is 1. The monoisotopic (exact) mass is 449 g/mol. The smallest absolute Gasteiger partial charge is 0.332 e. The number of carbonyl (C=O) groups is 1. The molecule has 2 aromatic heterocycles. The van der Waals surface area contributed by atoms with Gasteiger partial charge in [0.05, 0.1) is 12.3 Å². The molecule has 1 N–H and O–H groups in total. The maximum absolute atomic E-state index is 12.9. The number of hydrogen-bond acceptors (Lipinski definition) is 5. The van der Waals surface area contributed by atoms with E-state index in [1.165, 1.54) is 23.4 Å². The molecule has 0 saturated carbocycles. The molecule has 0 fully saturated rings. The van der Waals surface area contributed by atoms with Gasteiger partial charge in [0.1, 0.15) is 0 Å². The van der Waals surface area contributed by atoms with Gasteiger partial charge in [-0.15, -0.1) is 0 Å². The highest BCUT2D eigenvalue weighted by Gasteiger charge is 2.21. The lowest BCUT2D eigenvalue weighted by atomic mass is 10.1. The number of nitrogens with one attached hydrogen (secondary N) is 1. The molecule has 0 aliphatic carbocycles. The van der Waals surface area contributed by atoms with Crippen LogP contribution in [-0.2, 0) is 25.4 Å². The molecule has 0 atom stereocenters. The lowest BCUT2D eigenvalue weighted by Gasteiger charge is -2.20. The van der Waals surface area contributed by atoms with Crippen LogP contribution in [-0.4, -0.2) is 35.9 Å². The Morgan fingerprint density at radius 2 is 1.83 bits per heavy atom. The quantitative estimate of drug-likeness (QED) is 0.602. The van der Waals surface area contributed by atoms with E-state index in [1.54, 1.807) is 17.7 Å². The van der Waals surface area contributed by atoms with Gasteiger partial charge in [-0.3, -0.25) is 18.7 Å². The number of nitrogens with zero attached hydrogens (tertiary/aromatic N) is 4. The first-order valence-electron chi connectivity index (χ1n) is 9.33. The van der Waals surface area contributed by atoms with Gasteiger partial charge in [0.15, 0.2) is 16.3 Å². The van der Waals surface area contributed by atoms with Crippen molar-refractivity contribution in [3.8, 4) is 0 Å². The summed E-state index contributed by atoms with van der Waals surface area (Å²) in [6.45, 7) is 6.00. The van der Waals surface area contributed by atoms with E-state index in [2.05, 4.69) is 10.3 Å². The highest BCUT2D eigenvalue weighted by atomic mass is 35.5. The predicted molar refractivity (Wildman–Crippen MR) is 119 cm³/mol. The van der Waals surface area contributed by atoms with Crippen LogP contribution in [0.2, 0.25) is 5.02 Å². The van der Waals surface area contributed by atoms with Gasteiger partial charge in [-0.25, -0.2) is 9.78 Å². The fourth-order valence-electron chi connectivity index (χ4n) is 3.06. The molecule has 0 bridgehead atoms. The van der Waals surface area contributed by atoms with E-state index in [1.807, 2.05) is 39.0 Å². The van der Waals surface area contributed by atoms with Crippen molar-refractivity contribution in [1.82, 2.24) is 24.0 Å². The zero-order valence-corrected chi connectivity index (χ0v) is 19.1. The van der Waals surface area contributed by atoms with Crippen LogP contribution in [0.15, 0.2) is 39.0 Å². The van der Waals surface area contributed by atoms with E-state index in [0.29, 0.717) is 15.7 Å². The van der Waals surface area contributed by atoms with Crippen molar-refractivity contribution in [2.75, 3.05) is 5.75 Å². The Morgan fingerprint density at radius 1 is 1.17 bits per heavy atom. The molecule has 0 aliphatic rings. The number of imidazole rings is 1. The summed E-state index contributed by atoms with van der Waals surface area (Å²) >= 11 is 7.54. The number of halogens is 1. The minimum Gasteiger partial charge on any atom is -0.351 e. The van der Waals surface area contributed by atoms with E-state index in [4.69, 9.17) is 11.6 Å². The van der Waals surface area contributed by atoms with Gasteiger partial charge in [-0.1, -0.05) is 41.6 Å². The van der Waals surface area contributed by atoms with Gasteiger partial charge in [0.25, 0.3) is 5.56 Å². The molecule has 3 rings (SSSR count). The van der Waals surface area contributed by atoms with Crippen molar-refractivity contribution >= 4 is 40.4 Å². The third kappa shape index (κ3) is 4.46. The van der Waals surface area contributed by atoms with Crippen molar-refractivity contribution in [2.24, 2.45) is 14.1 Å². The standard InChI is InChI=1S/C20H24ClN5O3S/c1-20(2,3)23-14(27)11-30-18-22-16-15(17(28)25(5)19(29)24(16)4)26(18)10-12-8-6-7-9-13(12)21/h6-9H,10-11H2,1-5H3,(H,23,27). The molecular formula is C20H24ClN5O3S. The van der Waals surface area contributed by atoms with E-state index in [9.17, 15) is 14.4 Å². The average Bonchev–Trinajstić information content (AvgIpc) is 3.02. The summed E-state index contributed by atoms with van der Waals surface area (Å²) in [5, 5.41) is 3.93. The summed E-state index contributed by atoms with van der Waals surface area (Å²) in [4.78, 5) is 42.1. The number of amides is 1. The van der Waals surface area contributed by atoms with Gasteiger partial charge in [-0.2, -0.15) is 0 Å². The van der Waals surface area contributed by atoms with Crippen LogP contribution in [0.1, 0.15) is 26.3 Å². The number of thioether (sulfide) groups is 1. The second kappa shape index (κ2) is 8.31. The molecule has 10 heteroatoms. The molecule has 1 aromatic carbocycles. The Labute approximate surface area is 182 Å². The largest absolute Gasteiger partial charge is 0.351 e. The second-order valence-corrected chi connectivity index (χ2v) is 9.39. The fourth-order valence-corrected chi connectivity index (χ4v) is 4.06. The molecule has 160 valence electrons. The number of rotatable bonds is 5. The Bertz CT molecular complexity index is 1240. The molecule has 2 heterocycles. The summed E-state index contributed by atoms with van der Waals surface area (Å²) in [5.74, 6) is -0.0252. The van der Waals surface area contributed by atoms with Crippen molar-refractivity contribution in [1.29, 1.82) is 0 Å². The molecule has 0 aliphatic heterocycles. The average molecular weight is 450 g/mol. The summed E-state index contributed by atoms with van der Waals surface area (Å²) in [6.07, 6.45) is 0. The lowest BCUT2D eigenvalue weighted by Crippen LogP contribution is -2.41. The minimum absolute atomic E-state index is 0.122. The van der Waals surface area contributed by atoms with Crippen LogP contribution >= 0.6 is 23.4 Å². The SMILES string of the molecule is Cn1c(=O)c2c(nc(SCC(=O)NC(C)(C)C)n2Cc2ccccc2Cl)n(C)c1=O. The number of carbonyl (C=O) groups excluding carboxylic acids is 1. The third-order valence-electron chi connectivity index (χ3n) is 4.45. The number of aromatic nitrogens is 4. The normalized spacial score (nSPS) is 11.8. The number of aryl methyl sites for hydroxylation is 1. The molecule has 0 spiro atoms. The Hall–Kier alpha value is -2.52. The van der Waals surface area contributed by atoms with Gasteiger partial charge >= 0.3 is 5.69 Å². The van der Waals surface area contributed by atoms with Gasteiger partial charge in [0, 0.05) is 24.7 Å². The summed E-state index contributed by atoms with van der Waals surface area (Å²) in [7, 11) is 3.00. The zero-order chi connectivity index (χ0) is 22.2. The van der Waals surface area contributed by atoms with Crippen molar-refractivity contribution in [2.45, 2.75) is 38.0 Å². The number of benzene rings is 1. The van der Waals surface area contributed by atoms with Crippen molar-refractivity contribution in [3.05, 3.63) is 55.7 Å². The third-order valence-corrected chi connectivity index (χ3v) is 5.79. The van der Waals surface area contributed by atoms with Gasteiger partial charge < -0.3 is 9.88 Å². The Balaban J connectivity index is 2.11.